The van der Waals surface area contributed by atoms with Gasteiger partial charge in [-0.1, -0.05) is 152 Å². The molecule has 4 aromatic heterocycles. The summed E-state index contributed by atoms with van der Waals surface area (Å²) in [7, 11) is 0. The van der Waals surface area contributed by atoms with E-state index >= 15 is 0 Å². The molecule has 0 amide bonds. The van der Waals surface area contributed by atoms with Gasteiger partial charge in [0.25, 0.3) is 0 Å². The van der Waals surface area contributed by atoms with Crippen LogP contribution in [-0.4, -0.2) is 8.80 Å². The summed E-state index contributed by atoms with van der Waals surface area (Å²) in [5.74, 6) is 0.768. The molecule has 0 aliphatic carbocycles. The van der Waals surface area contributed by atoms with Crippen molar-refractivity contribution in [3.05, 3.63) is 204 Å². The number of para-hydroxylation sites is 2. The summed E-state index contributed by atoms with van der Waals surface area (Å²) in [5.41, 5.74) is 7.09. The predicted molar refractivity (Wildman–Crippen MR) is 301 cm³/mol. The van der Waals surface area contributed by atoms with Crippen LogP contribution >= 0.6 is 0 Å². The summed E-state index contributed by atoms with van der Waals surface area (Å²) in [6, 6.07) is 25.4. The minimum atomic E-state index is -0.519. The smallest absolute Gasteiger partial charge is 0.0653 e. The van der Waals surface area contributed by atoms with E-state index in [1.54, 1.807) is 0 Å². The highest BCUT2D eigenvalue weighted by Gasteiger charge is 2.27. The van der Waals surface area contributed by atoms with Crippen molar-refractivity contribution in [1.29, 1.82) is 0 Å². The molecule has 0 radical (unpaired) electrons. The number of hydrogen-bond donors (Lipinski definition) is 0. The van der Waals surface area contributed by atoms with Gasteiger partial charge in [0.05, 0.1) is 63.7 Å². The third-order valence-corrected chi connectivity index (χ3v) is 14.4. The molecule has 0 bridgehead atoms. The molecule has 0 saturated carbocycles. The summed E-state index contributed by atoms with van der Waals surface area (Å²) >= 11 is 0. The summed E-state index contributed by atoms with van der Waals surface area (Å²) < 4.78 is 141. The van der Waals surface area contributed by atoms with Crippen molar-refractivity contribution in [2.24, 2.45) is 0 Å². The molecular weight excluding hydrogens is 849 g/mol. The molecule has 0 fully saturated rings. The van der Waals surface area contributed by atoms with Crippen molar-refractivity contribution >= 4 is 110 Å². The summed E-state index contributed by atoms with van der Waals surface area (Å²) in [4.78, 5) is 3.63. The first-order chi connectivity index (χ1) is 39.9. The van der Waals surface area contributed by atoms with Gasteiger partial charge in [0.1, 0.15) is 0 Å². The fourth-order valence-electron chi connectivity index (χ4n) is 10.6. The lowest BCUT2D eigenvalue weighted by atomic mass is 10.0. The molecule has 4 heterocycles. The van der Waals surface area contributed by atoms with Crippen molar-refractivity contribution in [2.45, 2.75) is 79.1 Å². The van der Waals surface area contributed by atoms with Gasteiger partial charge in [-0.2, -0.15) is 0 Å². The Morgan fingerprint density at radius 2 is 0.614 bits per heavy atom. The molecular formula is C66H58N4. The second kappa shape index (κ2) is 15.9. The Balaban J connectivity index is 1.22. The standard InChI is InChI=1S/C66H58N4/c1-39(2)43-21-29-47(30-22-43)67(48-31-23-44(24-32-48)40(3)4)57-17-11-19-59-63(57)53-15-9-13-51-55-38-62-56(37-61(55)69(59)65(51)53)52-14-10-16-54-64-58(18-12-20-60(64)70(62)66(52)54)68(49-33-25-45(26-34-49)41(5)6)50-35-27-46(28-36-50)42(7)8/h9-42H,1-8H3/i9D,10D,11D,12D,13D,14D,15D,16D,17D,18D,19D,20D,37D,38D. The van der Waals surface area contributed by atoms with E-state index in [0.717, 1.165) is 22.3 Å². The van der Waals surface area contributed by atoms with Crippen molar-refractivity contribution in [1.82, 2.24) is 8.80 Å². The van der Waals surface area contributed by atoms with E-state index in [0.29, 0.717) is 22.7 Å². The monoisotopic (exact) mass is 921 g/mol. The van der Waals surface area contributed by atoms with E-state index in [9.17, 15) is 19.2 Å². The van der Waals surface area contributed by atoms with Crippen LogP contribution in [0.3, 0.4) is 0 Å². The quantitative estimate of drug-likeness (QED) is 0.136. The van der Waals surface area contributed by atoms with E-state index in [1.807, 2.05) is 107 Å². The second-order valence-electron chi connectivity index (χ2n) is 19.9. The summed E-state index contributed by atoms with van der Waals surface area (Å²) in [5, 5.41) is 0.401. The molecule has 4 heteroatoms. The van der Waals surface area contributed by atoms with Crippen LogP contribution in [0.2, 0.25) is 0 Å². The Kier molecular flexibility index (Phi) is 6.78. The number of benzene rings is 9. The van der Waals surface area contributed by atoms with Gasteiger partial charge < -0.3 is 18.6 Å². The molecule has 0 atom stereocenters. The number of aromatic nitrogens is 2. The Morgan fingerprint density at radius 3 is 0.914 bits per heavy atom. The van der Waals surface area contributed by atoms with E-state index in [4.69, 9.17) is 0 Å². The van der Waals surface area contributed by atoms with Gasteiger partial charge >= 0.3 is 0 Å². The molecule has 342 valence electrons. The van der Waals surface area contributed by atoms with Gasteiger partial charge in [-0.15, -0.1) is 0 Å². The average Bonchev–Trinajstić information content (AvgIpc) is 1.50. The van der Waals surface area contributed by atoms with Crippen molar-refractivity contribution in [3.8, 4) is 0 Å². The van der Waals surface area contributed by atoms with Crippen LogP contribution in [0.5, 0.6) is 0 Å². The minimum Gasteiger partial charge on any atom is -0.310 e. The van der Waals surface area contributed by atoms with Crippen LogP contribution in [0.4, 0.5) is 34.1 Å². The zero-order chi connectivity index (χ0) is 59.9. The Morgan fingerprint density at radius 1 is 0.329 bits per heavy atom. The third-order valence-electron chi connectivity index (χ3n) is 14.4. The fraction of sp³-hybridized carbons (Fsp3) is 0.182. The Bertz CT molecular complexity index is 4520. The molecule has 0 aliphatic heterocycles. The minimum absolute atomic E-state index is 0.000190. The van der Waals surface area contributed by atoms with Crippen LogP contribution in [-0.2, 0) is 0 Å². The summed E-state index contributed by atoms with van der Waals surface area (Å²) in [6.07, 6.45) is 0. The fourth-order valence-corrected chi connectivity index (χ4v) is 10.6. The molecule has 0 unspecified atom stereocenters. The zero-order valence-corrected chi connectivity index (χ0v) is 40.3. The number of fused-ring (bicyclic) bond motifs is 12. The number of rotatable bonds is 10. The number of anilines is 6. The molecule has 13 rings (SSSR count). The molecule has 0 N–H and O–H groups in total. The highest BCUT2D eigenvalue weighted by atomic mass is 15.2. The number of nitrogens with zero attached hydrogens (tertiary/aromatic N) is 4. The first kappa shape index (κ1) is 29.9. The van der Waals surface area contributed by atoms with Gasteiger partial charge in [-0.25, -0.2) is 0 Å². The van der Waals surface area contributed by atoms with Crippen LogP contribution in [0.25, 0.3) is 76.2 Å². The van der Waals surface area contributed by atoms with Crippen molar-refractivity contribution in [2.75, 3.05) is 9.80 Å². The van der Waals surface area contributed by atoms with Crippen molar-refractivity contribution < 1.29 is 19.2 Å². The maximum Gasteiger partial charge on any atom is 0.0653 e. The first-order valence-corrected chi connectivity index (χ1v) is 24.2. The number of hydrogen-bond acceptors (Lipinski definition) is 2. The van der Waals surface area contributed by atoms with Crippen molar-refractivity contribution in [3.63, 3.8) is 0 Å². The van der Waals surface area contributed by atoms with Crippen LogP contribution in [0.15, 0.2) is 182 Å². The lowest BCUT2D eigenvalue weighted by Crippen LogP contribution is -2.10. The highest BCUT2D eigenvalue weighted by molar-refractivity contribution is 6.31. The van der Waals surface area contributed by atoms with Gasteiger partial charge in [0.15, 0.2) is 0 Å². The van der Waals surface area contributed by atoms with E-state index in [1.165, 1.54) is 8.80 Å². The maximum absolute atomic E-state index is 10.5. The van der Waals surface area contributed by atoms with Gasteiger partial charge in [-0.05, 0) is 131 Å². The van der Waals surface area contributed by atoms with Gasteiger partial charge in [0.2, 0.25) is 0 Å². The lowest BCUT2D eigenvalue weighted by Gasteiger charge is -2.27. The van der Waals surface area contributed by atoms with Crippen LogP contribution in [0, 0.1) is 0 Å². The normalized spacial score (nSPS) is 15.3. The van der Waals surface area contributed by atoms with Crippen LogP contribution < -0.4 is 9.80 Å². The first-order valence-electron chi connectivity index (χ1n) is 31.2. The second-order valence-corrected chi connectivity index (χ2v) is 19.9. The van der Waals surface area contributed by atoms with Gasteiger partial charge in [0, 0.05) is 65.8 Å². The SMILES string of the molecule is [2H]c1c([2H])c([2H])c2c(c1N(c1ccc(C(C)C)cc1)c1ccc(C(C)C)cc1)c1c([2H])c([2H])c([2H])c3c4c([2H])c5c(c([2H])c4n2c13)c1c([2H])c([2H])c([2H])c2c3c(N(c4ccc(C(C)C)cc4)c4ccc(C(C)C)cc4)c([2H])c([2H])c([2H])c3n5c21. The molecule has 4 nitrogen and oxygen atoms in total. The molecule has 0 aliphatic rings. The molecule has 13 aromatic rings. The Hall–Kier alpha value is -7.82. The van der Waals surface area contributed by atoms with E-state index in [2.05, 4.69) is 55.4 Å². The topological polar surface area (TPSA) is 15.3 Å². The largest absolute Gasteiger partial charge is 0.310 e. The molecule has 70 heavy (non-hydrogen) atoms. The van der Waals surface area contributed by atoms with Crippen LogP contribution in [0.1, 0.15) is 121 Å². The third kappa shape index (κ3) is 6.21. The molecule has 0 saturated heterocycles. The molecule has 0 spiro atoms. The van der Waals surface area contributed by atoms with E-state index in [-0.39, 0.29) is 135 Å². The van der Waals surface area contributed by atoms with E-state index < -0.39 is 60.4 Å². The average molecular weight is 921 g/mol. The molecule has 9 aromatic carbocycles. The lowest BCUT2D eigenvalue weighted by molar-refractivity contribution is 0.866. The maximum atomic E-state index is 10.5. The zero-order valence-electron chi connectivity index (χ0n) is 54.3. The summed E-state index contributed by atoms with van der Waals surface area (Å²) in [6.45, 7) is 16.7. The van der Waals surface area contributed by atoms with Gasteiger partial charge in [-0.3, -0.25) is 0 Å². The Labute approximate surface area is 430 Å². The predicted octanol–water partition coefficient (Wildman–Crippen LogP) is 19.4. The highest BCUT2D eigenvalue weighted by Crippen LogP contribution is 2.50.